The van der Waals surface area contributed by atoms with E-state index in [1.54, 1.807) is 4.90 Å². The number of amides is 1. The van der Waals surface area contributed by atoms with Gasteiger partial charge in [-0.05, 0) is 19.4 Å². The van der Waals surface area contributed by atoms with Crippen molar-refractivity contribution in [2.75, 3.05) is 26.2 Å². The van der Waals surface area contributed by atoms with E-state index in [9.17, 15) is 13.6 Å². The zero-order valence-electron chi connectivity index (χ0n) is 13.8. The monoisotopic (exact) mass is 325 g/mol. The molecule has 2 unspecified atom stereocenters. The molecule has 128 valence electrons. The highest BCUT2D eigenvalue weighted by Crippen LogP contribution is 2.24. The fourth-order valence-corrected chi connectivity index (χ4v) is 3.04. The standard InChI is InChI=1S/C17H25F2N3O/c1-3-4-16(20)17(23)22-9-7-21(8-10-22)12(2)14-6-5-13(18)11-15(14)19/h5-6,11-12,16H,3-4,7-10,20H2,1-2H3. The first-order valence-corrected chi connectivity index (χ1v) is 8.17. The number of carbonyl (C=O) groups excluding carboxylic acids is 1. The van der Waals surface area contributed by atoms with E-state index in [-0.39, 0.29) is 11.9 Å². The Morgan fingerprint density at radius 2 is 1.91 bits per heavy atom. The van der Waals surface area contributed by atoms with E-state index in [2.05, 4.69) is 4.90 Å². The van der Waals surface area contributed by atoms with Crippen LogP contribution in [0.15, 0.2) is 18.2 Å². The zero-order chi connectivity index (χ0) is 17.0. The van der Waals surface area contributed by atoms with E-state index in [1.165, 1.54) is 12.1 Å². The molecule has 0 aliphatic carbocycles. The maximum atomic E-state index is 13.9. The van der Waals surface area contributed by atoms with Crippen molar-refractivity contribution in [3.05, 3.63) is 35.4 Å². The number of rotatable bonds is 5. The number of benzene rings is 1. The van der Waals surface area contributed by atoms with Crippen LogP contribution in [0.5, 0.6) is 0 Å². The van der Waals surface area contributed by atoms with Gasteiger partial charge in [0.15, 0.2) is 0 Å². The number of hydrogen-bond donors (Lipinski definition) is 1. The van der Waals surface area contributed by atoms with Crippen LogP contribution in [0.3, 0.4) is 0 Å². The molecule has 1 heterocycles. The third-order valence-electron chi connectivity index (χ3n) is 4.50. The Kier molecular flexibility index (Phi) is 6.07. The van der Waals surface area contributed by atoms with Crippen LogP contribution in [0.1, 0.15) is 38.3 Å². The molecule has 1 fully saturated rings. The van der Waals surface area contributed by atoms with E-state index < -0.39 is 17.7 Å². The lowest BCUT2D eigenvalue weighted by atomic mass is 10.0. The normalized spacial score (nSPS) is 18.7. The zero-order valence-corrected chi connectivity index (χ0v) is 13.8. The first-order valence-electron chi connectivity index (χ1n) is 8.17. The second kappa shape index (κ2) is 7.84. The summed E-state index contributed by atoms with van der Waals surface area (Å²) in [6, 6.07) is 3.09. The Balaban J connectivity index is 1.94. The van der Waals surface area contributed by atoms with Crippen molar-refractivity contribution in [3.8, 4) is 0 Å². The summed E-state index contributed by atoms with van der Waals surface area (Å²) < 4.78 is 26.9. The molecule has 4 nitrogen and oxygen atoms in total. The minimum Gasteiger partial charge on any atom is -0.339 e. The summed E-state index contributed by atoms with van der Waals surface area (Å²) in [7, 11) is 0. The molecule has 6 heteroatoms. The van der Waals surface area contributed by atoms with Crippen LogP contribution in [0.4, 0.5) is 8.78 Å². The first kappa shape index (κ1) is 17.8. The number of nitrogens with two attached hydrogens (primary N) is 1. The molecular formula is C17H25F2N3O. The average Bonchev–Trinajstić information content (AvgIpc) is 2.54. The highest BCUT2D eigenvalue weighted by molar-refractivity contribution is 5.81. The molecule has 0 radical (unpaired) electrons. The summed E-state index contributed by atoms with van der Waals surface area (Å²) in [5, 5.41) is 0. The van der Waals surface area contributed by atoms with E-state index in [0.29, 0.717) is 38.2 Å². The highest BCUT2D eigenvalue weighted by Gasteiger charge is 2.28. The molecule has 1 amide bonds. The molecule has 1 aromatic rings. The van der Waals surface area contributed by atoms with Crippen molar-refractivity contribution in [3.63, 3.8) is 0 Å². The van der Waals surface area contributed by atoms with E-state index >= 15 is 0 Å². The molecule has 0 aromatic heterocycles. The van der Waals surface area contributed by atoms with Crippen LogP contribution in [0.25, 0.3) is 0 Å². The average molecular weight is 325 g/mol. The molecule has 2 atom stereocenters. The van der Waals surface area contributed by atoms with Gasteiger partial charge >= 0.3 is 0 Å². The van der Waals surface area contributed by atoms with Crippen LogP contribution < -0.4 is 5.73 Å². The van der Waals surface area contributed by atoms with Gasteiger partial charge in [-0.3, -0.25) is 9.69 Å². The minimum atomic E-state index is -0.571. The van der Waals surface area contributed by atoms with Gasteiger partial charge in [-0.15, -0.1) is 0 Å². The molecule has 0 spiro atoms. The fraction of sp³-hybridized carbons (Fsp3) is 0.588. The van der Waals surface area contributed by atoms with Crippen molar-refractivity contribution in [2.45, 2.75) is 38.8 Å². The Bertz CT molecular complexity index is 545. The van der Waals surface area contributed by atoms with Gasteiger partial charge in [0, 0.05) is 43.9 Å². The Labute approximate surface area is 136 Å². The van der Waals surface area contributed by atoms with E-state index in [1.807, 2.05) is 13.8 Å². The van der Waals surface area contributed by atoms with Crippen molar-refractivity contribution < 1.29 is 13.6 Å². The van der Waals surface area contributed by atoms with Crippen molar-refractivity contribution in [1.29, 1.82) is 0 Å². The van der Waals surface area contributed by atoms with Crippen LogP contribution in [-0.2, 0) is 4.79 Å². The van der Waals surface area contributed by atoms with Gasteiger partial charge in [-0.1, -0.05) is 19.4 Å². The number of nitrogens with zero attached hydrogens (tertiary/aromatic N) is 2. The molecule has 1 aliphatic heterocycles. The highest BCUT2D eigenvalue weighted by atomic mass is 19.1. The number of halogens is 2. The van der Waals surface area contributed by atoms with Gasteiger partial charge in [0.2, 0.25) is 5.91 Å². The lowest BCUT2D eigenvalue weighted by molar-refractivity contribution is -0.134. The topological polar surface area (TPSA) is 49.6 Å². The number of piperazine rings is 1. The third kappa shape index (κ3) is 4.26. The maximum Gasteiger partial charge on any atom is 0.239 e. The molecule has 23 heavy (non-hydrogen) atoms. The van der Waals surface area contributed by atoms with Crippen molar-refractivity contribution >= 4 is 5.91 Å². The maximum absolute atomic E-state index is 13.9. The van der Waals surface area contributed by atoms with Gasteiger partial charge in [0.25, 0.3) is 0 Å². The second-order valence-corrected chi connectivity index (χ2v) is 6.10. The summed E-state index contributed by atoms with van der Waals surface area (Å²) in [5.41, 5.74) is 6.37. The Morgan fingerprint density at radius 1 is 1.26 bits per heavy atom. The van der Waals surface area contributed by atoms with Gasteiger partial charge in [-0.25, -0.2) is 8.78 Å². The summed E-state index contributed by atoms with van der Waals surface area (Å²) in [6.07, 6.45) is 1.57. The smallest absolute Gasteiger partial charge is 0.239 e. The number of hydrogen-bond acceptors (Lipinski definition) is 3. The predicted molar refractivity (Wildman–Crippen MR) is 85.8 cm³/mol. The SMILES string of the molecule is CCCC(N)C(=O)N1CCN(C(C)c2ccc(F)cc2F)CC1. The van der Waals surface area contributed by atoms with Crippen LogP contribution in [0, 0.1) is 11.6 Å². The summed E-state index contributed by atoms with van der Waals surface area (Å²) >= 11 is 0. The molecule has 1 saturated heterocycles. The largest absolute Gasteiger partial charge is 0.339 e. The Hall–Kier alpha value is -1.53. The molecule has 2 N–H and O–H groups in total. The lowest BCUT2D eigenvalue weighted by Crippen LogP contribution is -2.53. The van der Waals surface area contributed by atoms with E-state index in [4.69, 9.17) is 5.73 Å². The second-order valence-electron chi connectivity index (χ2n) is 6.10. The van der Waals surface area contributed by atoms with Gasteiger partial charge in [0.05, 0.1) is 6.04 Å². The molecule has 0 saturated carbocycles. The molecular weight excluding hydrogens is 300 g/mol. The molecule has 1 aliphatic rings. The minimum absolute atomic E-state index is 0.00730. The van der Waals surface area contributed by atoms with Gasteiger partial charge in [-0.2, -0.15) is 0 Å². The molecule has 2 rings (SSSR count). The molecule has 0 bridgehead atoms. The summed E-state index contributed by atoms with van der Waals surface area (Å²) in [5.74, 6) is -1.10. The van der Waals surface area contributed by atoms with Crippen LogP contribution in [-0.4, -0.2) is 47.9 Å². The summed E-state index contributed by atoms with van der Waals surface area (Å²) in [6.45, 7) is 6.39. The predicted octanol–water partition coefficient (Wildman–Crippen LogP) is 2.30. The van der Waals surface area contributed by atoms with Gasteiger partial charge < -0.3 is 10.6 Å². The Morgan fingerprint density at radius 3 is 2.48 bits per heavy atom. The third-order valence-corrected chi connectivity index (χ3v) is 4.50. The van der Waals surface area contributed by atoms with Crippen molar-refractivity contribution in [1.82, 2.24) is 9.80 Å². The van der Waals surface area contributed by atoms with E-state index in [0.717, 1.165) is 12.5 Å². The fourth-order valence-electron chi connectivity index (χ4n) is 3.04. The van der Waals surface area contributed by atoms with Gasteiger partial charge in [0.1, 0.15) is 11.6 Å². The summed E-state index contributed by atoms with van der Waals surface area (Å²) in [4.78, 5) is 16.1. The van der Waals surface area contributed by atoms with Crippen LogP contribution in [0.2, 0.25) is 0 Å². The lowest BCUT2D eigenvalue weighted by Gasteiger charge is -2.39. The molecule has 1 aromatic carbocycles. The quantitative estimate of drug-likeness (QED) is 0.904. The van der Waals surface area contributed by atoms with Crippen LogP contribution >= 0.6 is 0 Å². The number of carbonyl (C=O) groups is 1. The van der Waals surface area contributed by atoms with Crippen molar-refractivity contribution in [2.24, 2.45) is 5.73 Å². The first-order chi connectivity index (χ1) is 10.9.